The maximum Gasteiger partial charge on any atom is 0.229 e. The van der Waals surface area contributed by atoms with Crippen molar-refractivity contribution in [2.45, 2.75) is 39.5 Å². The van der Waals surface area contributed by atoms with Crippen molar-refractivity contribution in [3.05, 3.63) is 54.1 Å². The van der Waals surface area contributed by atoms with Crippen LogP contribution in [0.4, 0.5) is 11.4 Å². The zero-order valence-corrected chi connectivity index (χ0v) is 16.6. The predicted molar refractivity (Wildman–Crippen MR) is 112 cm³/mol. The average molecular weight is 380 g/mol. The van der Waals surface area contributed by atoms with Crippen LogP contribution in [0.25, 0.3) is 0 Å². The first kappa shape index (κ1) is 19.9. The molecule has 1 unspecified atom stereocenters. The van der Waals surface area contributed by atoms with E-state index in [0.29, 0.717) is 18.9 Å². The van der Waals surface area contributed by atoms with Gasteiger partial charge in [-0.05, 0) is 49.6 Å². The van der Waals surface area contributed by atoms with Gasteiger partial charge in [0.2, 0.25) is 11.8 Å². The molecular weight excluding hydrogens is 352 g/mol. The first-order valence-electron chi connectivity index (χ1n) is 10.0. The van der Waals surface area contributed by atoms with Gasteiger partial charge in [0.05, 0.1) is 18.2 Å². The number of hydrogen-bond donors (Lipinski definition) is 1. The van der Waals surface area contributed by atoms with Crippen molar-refractivity contribution in [3.8, 4) is 5.75 Å². The Bertz CT molecular complexity index is 817. The Morgan fingerprint density at radius 1 is 1.14 bits per heavy atom. The van der Waals surface area contributed by atoms with Gasteiger partial charge in [-0.25, -0.2) is 0 Å². The van der Waals surface area contributed by atoms with Gasteiger partial charge < -0.3 is 15.0 Å². The molecule has 0 spiro atoms. The van der Waals surface area contributed by atoms with Crippen LogP contribution in [0.15, 0.2) is 48.5 Å². The molecule has 1 atom stereocenters. The molecule has 28 heavy (non-hydrogen) atoms. The smallest absolute Gasteiger partial charge is 0.229 e. The Balaban J connectivity index is 1.64. The second-order valence-electron chi connectivity index (χ2n) is 7.10. The first-order chi connectivity index (χ1) is 13.6. The van der Waals surface area contributed by atoms with E-state index in [1.165, 1.54) is 5.56 Å². The molecule has 1 aliphatic heterocycles. The molecule has 0 saturated carbocycles. The van der Waals surface area contributed by atoms with Gasteiger partial charge in [-0.2, -0.15) is 0 Å². The molecule has 1 N–H and O–H groups in total. The summed E-state index contributed by atoms with van der Waals surface area (Å²) in [6.45, 7) is 4.97. The van der Waals surface area contributed by atoms with Gasteiger partial charge >= 0.3 is 0 Å². The summed E-state index contributed by atoms with van der Waals surface area (Å²) in [5, 5.41) is 2.95. The van der Waals surface area contributed by atoms with E-state index in [4.69, 9.17) is 4.74 Å². The third kappa shape index (κ3) is 4.71. The summed E-state index contributed by atoms with van der Waals surface area (Å²) in [6, 6.07) is 15.4. The van der Waals surface area contributed by atoms with E-state index in [-0.39, 0.29) is 24.2 Å². The highest BCUT2D eigenvalue weighted by Crippen LogP contribution is 2.33. The van der Waals surface area contributed by atoms with Gasteiger partial charge in [0.1, 0.15) is 5.75 Å². The second-order valence-corrected chi connectivity index (χ2v) is 7.10. The highest BCUT2D eigenvalue weighted by molar-refractivity contribution is 6.04. The van der Waals surface area contributed by atoms with Crippen molar-refractivity contribution < 1.29 is 14.3 Å². The number of benzene rings is 2. The summed E-state index contributed by atoms with van der Waals surface area (Å²) in [7, 11) is 0. The Kier molecular flexibility index (Phi) is 6.69. The highest BCUT2D eigenvalue weighted by atomic mass is 16.5. The summed E-state index contributed by atoms with van der Waals surface area (Å²) in [5.74, 6) is 0.122. The van der Waals surface area contributed by atoms with Crippen molar-refractivity contribution in [1.82, 2.24) is 0 Å². The number of unbranched alkanes of at least 4 members (excludes halogenated alkanes) is 1. The molecule has 2 aromatic rings. The molecule has 0 bridgehead atoms. The SMILES string of the molecule is CCCCc1ccc(NC(=O)C2CC(=O)N(c3ccccc3OCC)C2)cc1. The zero-order chi connectivity index (χ0) is 19.9. The number of aryl methyl sites for hydroxylation is 1. The summed E-state index contributed by atoms with van der Waals surface area (Å²) in [4.78, 5) is 26.9. The summed E-state index contributed by atoms with van der Waals surface area (Å²) in [6.07, 6.45) is 3.59. The molecule has 2 aromatic carbocycles. The summed E-state index contributed by atoms with van der Waals surface area (Å²) >= 11 is 0. The third-order valence-electron chi connectivity index (χ3n) is 4.99. The predicted octanol–water partition coefficient (Wildman–Crippen LogP) is 4.42. The van der Waals surface area contributed by atoms with Crippen molar-refractivity contribution in [2.24, 2.45) is 5.92 Å². The van der Waals surface area contributed by atoms with Gasteiger partial charge in [0, 0.05) is 18.7 Å². The molecule has 0 aromatic heterocycles. The molecule has 1 aliphatic rings. The second kappa shape index (κ2) is 9.40. The molecule has 3 rings (SSSR count). The highest BCUT2D eigenvalue weighted by Gasteiger charge is 2.36. The number of amides is 2. The summed E-state index contributed by atoms with van der Waals surface area (Å²) in [5.41, 5.74) is 2.77. The first-order valence-corrected chi connectivity index (χ1v) is 10.0. The Labute approximate surface area is 166 Å². The standard InChI is InChI=1S/C23H28N2O3/c1-3-5-8-17-11-13-19(14-12-17)24-23(27)18-15-22(26)25(16-18)20-9-6-7-10-21(20)28-4-2/h6-7,9-14,18H,3-5,8,15-16H2,1-2H3,(H,24,27). The topological polar surface area (TPSA) is 58.6 Å². The number of nitrogens with one attached hydrogen (secondary N) is 1. The van der Waals surface area contributed by atoms with E-state index < -0.39 is 0 Å². The molecular formula is C23H28N2O3. The van der Waals surface area contributed by atoms with Gasteiger partial charge in [-0.3, -0.25) is 9.59 Å². The van der Waals surface area contributed by atoms with E-state index in [2.05, 4.69) is 24.4 Å². The van der Waals surface area contributed by atoms with E-state index in [9.17, 15) is 9.59 Å². The minimum Gasteiger partial charge on any atom is -0.492 e. The van der Waals surface area contributed by atoms with Gasteiger partial charge in [0.15, 0.2) is 0 Å². The maximum atomic E-state index is 12.7. The fourth-order valence-corrected chi connectivity index (χ4v) is 3.45. The number of nitrogens with zero attached hydrogens (tertiary/aromatic N) is 1. The molecule has 2 amide bonds. The van der Waals surface area contributed by atoms with Crippen molar-refractivity contribution >= 4 is 23.2 Å². The van der Waals surface area contributed by atoms with Crippen LogP contribution in [-0.2, 0) is 16.0 Å². The van der Waals surface area contributed by atoms with Crippen LogP contribution in [0.3, 0.4) is 0 Å². The largest absolute Gasteiger partial charge is 0.492 e. The number of carbonyl (C=O) groups is 2. The number of para-hydroxylation sites is 2. The molecule has 1 heterocycles. The molecule has 148 valence electrons. The van der Waals surface area contributed by atoms with E-state index in [1.807, 2.05) is 43.3 Å². The minimum absolute atomic E-state index is 0.0535. The number of carbonyl (C=O) groups excluding carboxylic acids is 2. The molecule has 5 nitrogen and oxygen atoms in total. The average Bonchev–Trinajstić information content (AvgIpc) is 3.10. The number of rotatable bonds is 8. The fourth-order valence-electron chi connectivity index (χ4n) is 3.45. The molecule has 0 radical (unpaired) electrons. The third-order valence-corrected chi connectivity index (χ3v) is 4.99. The van der Waals surface area contributed by atoms with Crippen LogP contribution in [-0.4, -0.2) is 25.0 Å². The quantitative estimate of drug-likeness (QED) is 0.737. The van der Waals surface area contributed by atoms with Gasteiger partial charge in [-0.1, -0.05) is 37.6 Å². The zero-order valence-electron chi connectivity index (χ0n) is 16.6. The van der Waals surface area contributed by atoms with Crippen molar-refractivity contribution in [3.63, 3.8) is 0 Å². The van der Waals surface area contributed by atoms with Crippen LogP contribution in [0.5, 0.6) is 5.75 Å². The Hall–Kier alpha value is -2.82. The normalized spacial score (nSPS) is 16.3. The van der Waals surface area contributed by atoms with Gasteiger partial charge in [-0.15, -0.1) is 0 Å². The monoisotopic (exact) mass is 380 g/mol. The van der Waals surface area contributed by atoms with Crippen LogP contribution in [0.1, 0.15) is 38.7 Å². The Morgan fingerprint density at radius 3 is 2.61 bits per heavy atom. The van der Waals surface area contributed by atoms with E-state index >= 15 is 0 Å². The van der Waals surface area contributed by atoms with Crippen LogP contribution >= 0.6 is 0 Å². The van der Waals surface area contributed by atoms with Crippen molar-refractivity contribution in [2.75, 3.05) is 23.4 Å². The fraction of sp³-hybridized carbons (Fsp3) is 0.391. The van der Waals surface area contributed by atoms with Crippen LogP contribution in [0.2, 0.25) is 0 Å². The minimum atomic E-state index is -0.373. The number of ether oxygens (including phenoxy) is 1. The lowest BCUT2D eigenvalue weighted by Gasteiger charge is -2.20. The lowest BCUT2D eigenvalue weighted by Crippen LogP contribution is -2.28. The molecule has 5 heteroatoms. The maximum absolute atomic E-state index is 12.7. The van der Waals surface area contributed by atoms with Gasteiger partial charge in [0.25, 0.3) is 0 Å². The lowest BCUT2D eigenvalue weighted by atomic mass is 10.1. The van der Waals surface area contributed by atoms with Crippen LogP contribution in [0, 0.1) is 5.92 Å². The van der Waals surface area contributed by atoms with E-state index in [1.54, 1.807) is 4.90 Å². The molecule has 0 aliphatic carbocycles. The van der Waals surface area contributed by atoms with E-state index in [0.717, 1.165) is 30.6 Å². The summed E-state index contributed by atoms with van der Waals surface area (Å²) < 4.78 is 5.63. The molecule has 1 saturated heterocycles. The Morgan fingerprint density at radius 2 is 1.89 bits per heavy atom. The van der Waals surface area contributed by atoms with Crippen molar-refractivity contribution in [1.29, 1.82) is 0 Å². The molecule has 1 fully saturated rings. The lowest BCUT2D eigenvalue weighted by molar-refractivity contribution is -0.122. The number of hydrogen-bond acceptors (Lipinski definition) is 3. The number of anilines is 2. The van der Waals surface area contributed by atoms with Crippen LogP contribution < -0.4 is 15.0 Å².